The van der Waals surface area contributed by atoms with E-state index in [0.717, 1.165) is 5.56 Å². The molecule has 1 heterocycles. The van der Waals surface area contributed by atoms with E-state index in [1.165, 1.54) is 4.90 Å². The number of benzene rings is 1. The average Bonchev–Trinajstić information content (AvgIpc) is 3.16. The number of nitrogens with zero attached hydrogens (tertiary/aromatic N) is 1. The van der Waals surface area contributed by atoms with Crippen LogP contribution in [0.5, 0.6) is 0 Å². The highest BCUT2D eigenvalue weighted by Gasteiger charge is 2.68. The number of esters is 1. The van der Waals surface area contributed by atoms with Crippen LogP contribution in [0.4, 0.5) is 4.79 Å². The predicted octanol–water partition coefficient (Wildman–Crippen LogP) is 2.49. The van der Waals surface area contributed by atoms with Gasteiger partial charge in [-0.05, 0) is 39.2 Å². The molecule has 3 rings (SSSR count). The van der Waals surface area contributed by atoms with Crippen LogP contribution in [0.25, 0.3) is 0 Å². The SMILES string of the molecule is CC(C)(C)OC(=O)N1[C@H](C(=O)OCc2ccccc2)C[C@@]2(CO)C[C@@H]12. The van der Waals surface area contributed by atoms with Gasteiger partial charge in [-0.2, -0.15) is 0 Å². The minimum absolute atomic E-state index is 0.0422. The molecule has 0 unspecified atom stereocenters. The summed E-state index contributed by atoms with van der Waals surface area (Å²) in [6.07, 6.45) is 0.596. The summed E-state index contributed by atoms with van der Waals surface area (Å²) in [6.45, 7) is 5.48. The van der Waals surface area contributed by atoms with Crippen molar-refractivity contribution in [1.82, 2.24) is 4.90 Å². The zero-order valence-corrected chi connectivity index (χ0v) is 14.9. The molecule has 1 aromatic carbocycles. The summed E-state index contributed by atoms with van der Waals surface area (Å²) in [5.41, 5.74) is -0.137. The number of ether oxygens (including phenoxy) is 2. The van der Waals surface area contributed by atoms with E-state index in [1.807, 2.05) is 30.3 Å². The lowest BCUT2D eigenvalue weighted by atomic mass is 10.0. The van der Waals surface area contributed by atoms with Crippen LogP contribution in [0.1, 0.15) is 39.2 Å². The molecule has 1 saturated heterocycles. The van der Waals surface area contributed by atoms with Crippen molar-refractivity contribution in [2.24, 2.45) is 5.41 Å². The van der Waals surface area contributed by atoms with Crippen LogP contribution in [0, 0.1) is 5.41 Å². The fraction of sp³-hybridized carbons (Fsp3) is 0.579. The third-order valence-electron chi connectivity index (χ3n) is 4.83. The summed E-state index contributed by atoms with van der Waals surface area (Å²) in [6, 6.07) is 8.54. The normalized spacial score (nSPS) is 27.6. The van der Waals surface area contributed by atoms with Gasteiger partial charge in [0.2, 0.25) is 0 Å². The molecule has 2 aliphatic rings. The van der Waals surface area contributed by atoms with Gasteiger partial charge in [-0.1, -0.05) is 30.3 Å². The van der Waals surface area contributed by atoms with Crippen molar-refractivity contribution in [1.29, 1.82) is 0 Å². The number of hydrogen-bond acceptors (Lipinski definition) is 5. The van der Waals surface area contributed by atoms with Gasteiger partial charge in [0, 0.05) is 11.5 Å². The largest absolute Gasteiger partial charge is 0.459 e. The van der Waals surface area contributed by atoms with Crippen LogP contribution in [-0.2, 0) is 20.9 Å². The second-order valence-electron chi connectivity index (χ2n) is 7.94. The van der Waals surface area contributed by atoms with Crippen LogP contribution < -0.4 is 0 Å². The molecule has 1 aliphatic carbocycles. The number of likely N-dealkylation sites (tertiary alicyclic amines) is 1. The van der Waals surface area contributed by atoms with E-state index in [2.05, 4.69) is 0 Å². The molecular formula is C19H25NO5. The van der Waals surface area contributed by atoms with Crippen LogP contribution in [0.15, 0.2) is 30.3 Å². The maximum atomic E-state index is 12.6. The van der Waals surface area contributed by atoms with Crippen molar-refractivity contribution in [3.05, 3.63) is 35.9 Å². The number of carbonyl (C=O) groups excluding carboxylic acids is 2. The Hall–Kier alpha value is -2.08. The molecule has 25 heavy (non-hydrogen) atoms. The van der Waals surface area contributed by atoms with Gasteiger partial charge in [-0.25, -0.2) is 9.59 Å². The van der Waals surface area contributed by atoms with E-state index in [4.69, 9.17) is 9.47 Å². The molecule has 1 aliphatic heterocycles. The van der Waals surface area contributed by atoms with Crippen molar-refractivity contribution in [3.8, 4) is 0 Å². The fourth-order valence-electron chi connectivity index (χ4n) is 3.46. The Balaban J connectivity index is 1.69. The Morgan fingerprint density at radius 1 is 1.24 bits per heavy atom. The number of aliphatic hydroxyl groups is 1. The molecule has 2 fully saturated rings. The van der Waals surface area contributed by atoms with Crippen molar-refractivity contribution in [2.45, 2.75) is 57.9 Å². The first-order valence-corrected chi connectivity index (χ1v) is 8.58. The van der Waals surface area contributed by atoms with E-state index in [0.29, 0.717) is 12.8 Å². The van der Waals surface area contributed by atoms with E-state index in [9.17, 15) is 14.7 Å². The second-order valence-corrected chi connectivity index (χ2v) is 7.94. The minimum Gasteiger partial charge on any atom is -0.459 e. The van der Waals surface area contributed by atoms with E-state index >= 15 is 0 Å². The van der Waals surface area contributed by atoms with Crippen LogP contribution in [0.3, 0.4) is 0 Å². The first-order chi connectivity index (χ1) is 11.8. The van der Waals surface area contributed by atoms with E-state index in [-0.39, 0.29) is 24.7 Å². The Morgan fingerprint density at radius 2 is 1.92 bits per heavy atom. The van der Waals surface area contributed by atoms with Crippen molar-refractivity contribution < 1.29 is 24.2 Å². The van der Waals surface area contributed by atoms with Crippen LogP contribution in [-0.4, -0.2) is 46.4 Å². The first kappa shape index (κ1) is 17.7. The number of amides is 1. The molecule has 0 radical (unpaired) electrons. The average molecular weight is 347 g/mol. The quantitative estimate of drug-likeness (QED) is 0.847. The molecule has 1 saturated carbocycles. The Bertz CT molecular complexity index is 654. The highest BCUT2D eigenvalue weighted by Crippen LogP contribution is 2.59. The highest BCUT2D eigenvalue weighted by molar-refractivity contribution is 5.83. The van der Waals surface area contributed by atoms with E-state index in [1.54, 1.807) is 20.8 Å². The van der Waals surface area contributed by atoms with Crippen molar-refractivity contribution in [2.75, 3.05) is 6.61 Å². The maximum Gasteiger partial charge on any atom is 0.411 e. The van der Waals surface area contributed by atoms with Gasteiger partial charge in [0.25, 0.3) is 0 Å². The number of fused-ring (bicyclic) bond motifs is 1. The van der Waals surface area contributed by atoms with Crippen molar-refractivity contribution >= 4 is 12.1 Å². The number of aliphatic hydroxyl groups excluding tert-OH is 1. The summed E-state index contributed by atoms with van der Waals surface area (Å²) >= 11 is 0. The van der Waals surface area contributed by atoms with Gasteiger partial charge in [-0.3, -0.25) is 4.90 Å². The molecule has 3 atom stereocenters. The molecule has 0 bridgehead atoms. The number of carbonyl (C=O) groups is 2. The molecule has 6 heteroatoms. The molecule has 1 N–H and O–H groups in total. The van der Waals surface area contributed by atoms with Crippen LogP contribution >= 0.6 is 0 Å². The number of hydrogen-bond donors (Lipinski definition) is 1. The van der Waals surface area contributed by atoms with Gasteiger partial charge >= 0.3 is 12.1 Å². The molecular weight excluding hydrogens is 322 g/mol. The van der Waals surface area contributed by atoms with Gasteiger partial charge in [-0.15, -0.1) is 0 Å². The lowest BCUT2D eigenvalue weighted by Crippen LogP contribution is -2.46. The Morgan fingerprint density at radius 3 is 2.52 bits per heavy atom. The predicted molar refractivity (Wildman–Crippen MR) is 90.6 cm³/mol. The first-order valence-electron chi connectivity index (χ1n) is 8.58. The molecule has 1 aromatic rings. The lowest BCUT2D eigenvalue weighted by Gasteiger charge is -2.29. The summed E-state index contributed by atoms with van der Waals surface area (Å²) < 4.78 is 10.9. The van der Waals surface area contributed by atoms with Gasteiger partial charge in [0.1, 0.15) is 18.2 Å². The summed E-state index contributed by atoms with van der Waals surface area (Å²) in [5, 5.41) is 9.68. The van der Waals surface area contributed by atoms with Gasteiger partial charge in [0.05, 0.1) is 6.61 Å². The Labute approximate surface area is 147 Å². The minimum atomic E-state index is -0.704. The zero-order chi connectivity index (χ0) is 18.2. The third kappa shape index (κ3) is 3.63. The lowest BCUT2D eigenvalue weighted by molar-refractivity contribution is -0.150. The molecule has 6 nitrogen and oxygen atoms in total. The monoisotopic (exact) mass is 347 g/mol. The topological polar surface area (TPSA) is 76.1 Å². The standard InChI is InChI=1S/C19H25NO5/c1-18(2,3)25-17(23)20-14(9-19(12-21)10-15(19)20)16(22)24-11-13-7-5-4-6-8-13/h4-8,14-15,21H,9-12H2,1-3H3/t14-,15+,19-/m0/s1. The smallest absolute Gasteiger partial charge is 0.411 e. The van der Waals surface area contributed by atoms with Crippen LogP contribution in [0.2, 0.25) is 0 Å². The summed E-state index contributed by atoms with van der Waals surface area (Å²) in [7, 11) is 0. The molecule has 0 aromatic heterocycles. The van der Waals surface area contributed by atoms with Crippen molar-refractivity contribution in [3.63, 3.8) is 0 Å². The number of rotatable bonds is 4. The maximum absolute atomic E-state index is 12.6. The molecule has 136 valence electrons. The Kier molecular flexibility index (Phi) is 4.49. The van der Waals surface area contributed by atoms with Gasteiger partial charge < -0.3 is 14.6 Å². The third-order valence-corrected chi connectivity index (χ3v) is 4.83. The summed E-state index contributed by atoms with van der Waals surface area (Å²) in [5.74, 6) is -0.449. The molecule has 0 spiro atoms. The molecule has 1 amide bonds. The highest BCUT2D eigenvalue weighted by atomic mass is 16.6. The summed E-state index contributed by atoms with van der Waals surface area (Å²) in [4.78, 5) is 26.6. The number of piperidine rings is 1. The zero-order valence-electron chi connectivity index (χ0n) is 14.9. The van der Waals surface area contributed by atoms with Gasteiger partial charge in [0.15, 0.2) is 0 Å². The second kappa shape index (κ2) is 6.33. The van der Waals surface area contributed by atoms with E-state index < -0.39 is 23.7 Å². The fourth-order valence-corrected chi connectivity index (χ4v) is 3.46.